The van der Waals surface area contributed by atoms with Gasteiger partial charge in [0.05, 0.1) is 12.6 Å². The number of nitrogens with zero attached hydrogens (tertiary/aromatic N) is 3. The quantitative estimate of drug-likeness (QED) is 0.461. The van der Waals surface area contributed by atoms with E-state index in [1.165, 1.54) is 25.5 Å². The van der Waals surface area contributed by atoms with Crippen molar-refractivity contribution in [2.24, 2.45) is 10.7 Å². The van der Waals surface area contributed by atoms with Crippen LogP contribution in [-0.2, 0) is 9.59 Å². The number of ketones is 1. The van der Waals surface area contributed by atoms with E-state index >= 15 is 0 Å². The van der Waals surface area contributed by atoms with Gasteiger partial charge in [0.15, 0.2) is 5.78 Å². The van der Waals surface area contributed by atoms with Crippen LogP contribution in [0.15, 0.2) is 29.2 Å². The van der Waals surface area contributed by atoms with Crippen LogP contribution in [0.3, 0.4) is 0 Å². The number of rotatable bonds is 8. The van der Waals surface area contributed by atoms with Crippen molar-refractivity contribution in [3.05, 3.63) is 29.9 Å². The number of hydrogen-bond donors (Lipinski definition) is 3. The number of primary amides is 1. The fraction of sp³-hybridized carbons (Fsp3) is 0.375. The first-order valence-corrected chi connectivity index (χ1v) is 7.57. The summed E-state index contributed by atoms with van der Waals surface area (Å²) in [4.78, 5) is 46.2. The molecule has 25 heavy (non-hydrogen) atoms. The molecule has 9 heteroatoms. The Morgan fingerprint density at radius 3 is 2.56 bits per heavy atom. The Kier molecular flexibility index (Phi) is 7.39. The molecule has 1 atom stereocenters. The number of allylic oxidation sites excluding steroid dienone is 1. The van der Waals surface area contributed by atoms with E-state index in [0.29, 0.717) is 17.1 Å². The van der Waals surface area contributed by atoms with Crippen LogP contribution >= 0.6 is 0 Å². The van der Waals surface area contributed by atoms with Crippen LogP contribution < -0.4 is 16.4 Å². The number of carbonyl (C=O) groups excluding carboxylic acids is 3. The normalized spacial score (nSPS) is 13.1. The van der Waals surface area contributed by atoms with E-state index in [4.69, 9.17) is 5.73 Å². The summed E-state index contributed by atoms with van der Waals surface area (Å²) in [6, 6.07) is 1.05. The fourth-order valence-electron chi connectivity index (χ4n) is 1.53. The van der Waals surface area contributed by atoms with Gasteiger partial charge in [0, 0.05) is 23.6 Å². The fourth-order valence-corrected chi connectivity index (χ4v) is 1.53. The number of aromatic nitrogens is 2. The Balaban J connectivity index is 2.76. The van der Waals surface area contributed by atoms with E-state index in [1.807, 2.05) is 0 Å². The van der Waals surface area contributed by atoms with Crippen molar-refractivity contribution in [1.29, 1.82) is 0 Å². The van der Waals surface area contributed by atoms with Gasteiger partial charge in [-0.3, -0.25) is 19.4 Å². The lowest BCUT2D eigenvalue weighted by Crippen LogP contribution is -2.37. The van der Waals surface area contributed by atoms with Crippen molar-refractivity contribution in [3.63, 3.8) is 0 Å². The second-order valence-electron chi connectivity index (χ2n) is 5.44. The van der Waals surface area contributed by atoms with Crippen molar-refractivity contribution in [2.45, 2.75) is 33.7 Å². The number of anilines is 1. The molecular formula is C16H22N6O3. The summed E-state index contributed by atoms with van der Waals surface area (Å²) in [6.45, 7) is 6.54. The minimum Gasteiger partial charge on any atom is -0.368 e. The van der Waals surface area contributed by atoms with E-state index in [1.54, 1.807) is 20.8 Å². The summed E-state index contributed by atoms with van der Waals surface area (Å²) in [7, 11) is 0. The molecule has 0 aromatic carbocycles. The van der Waals surface area contributed by atoms with E-state index in [-0.39, 0.29) is 24.1 Å². The average Bonchev–Trinajstić information content (AvgIpc) is 2.57. The molecule has 1 aromatic heterocycles. The van der Waals surface area contributed by atoms with Crippen LogP contribution in [0.4, 0.5) is 5.82 Å². The van der Waals surface area contributed by atoms with Crippen LogP contribution in [-0.4, -0.2) is 45.9 Å². The number of nitrogens with two attached hydrogens (primary N) is 1. The van der Waals surface area contributed by atoms with Gasteiger partial charge >= 0.3 is 0 Å². The molecule has 2 amide bonds. The van der Waals surface area contributed by atoms with Gasteiger partial charge in [-0.1, -0.05) is 0 Å². The molecule has 0 aliphatic rings. The second-order valence-corrected chi connectivity index (χ2v) is 5.44. The summed E-state index contributed by atoms with van der Waals surface area (Å²) in [5.74, 6) is -0.708. The highest BCUT2D eigenvalue weighted by atomic mass is 16.2. The monoisotopic (exact) mass is 346 g/mol. The molecule has 0 radical (unpaired) electrons. The van der Waals surface area contributed by atoms with Crippen molar-refractivity contribution in [1.82, 2.24) is 15.3 Å². The van der Waals surface area contributed by atoms with Gasteiger partial charge in [0.25, 0.3) is 5.91 Å². The third-order valence-electron chi connectivity index (χ3n) is 3.33. The number of amides is 2. The lowest BCUT2D eigenvalue weighted by molar-refractivity contribution is -0.116. The largest absolute Gasteiger partial charge is 0.368 e. The predicted octanol–water partition coefficient (Wildman–Crippen LogP) is 0.446. The smallest absolute Gasteiger partial charge is 0.270 e. The first-order valence-electron chi connectivity index (χ1n) is 7.57. The van der Waals surface area contributed by atoms with Crippen molar-refractivity contribution < 1.29 is 14.4 Å². The predicted molar refractivity (Wildman–Crippen MR) is 94.2 cm³/mol. The maximum absolute atomic E-state index is 12.3. The van der Waals surface area contributed by atoms with Gasteiger partial charge < -0.3 is 16.4 Å². The Morgan fingerprint density at radius 1 is 1.28 bits per heavy atom. The topological polar surface area (TPSA) is 139 Å². The zero-order chi connectivity index (χ0) is 19.0. The van der Waals surface area contributed by atoms with Crippen LogP contribution in [0.2, 0.25) is 0 Å². The molecule has 0 fully saturated rings. The molecule has 0 spiro atoms. The summed E-state index contributed by atoms with van der Waals surface area (Å²) >= 11 is 0. The molecule has 1 unspecified atom stereocenters. The maximum Gasteiger partial charge on any atom is 0.270 e. The molecule has 0 aliphatic heterocycles. The second kappa shape index (κ2) is 9.26. The number of nitrogens with one attached hydrogen (secondary N) is 2. The molecule has 0 bridgehead atoms. The highest BCUT2D eigenvalue weighted by Gasteiger charge is 2.14. The minimum absolute atomic E-state index is 0.0646. The van der Waals surface area contributed by atoms with Gasteiger partial charge in [-0.25, -0.2) is 9.97 Å². The standard InChI is InChI=1S/C16H22N6O3/c1-9(12(4)23)6-18-10(2)11(3)22-16(25)13-5-15(21-8-20-13)19-7-14(17)24/h5-6,8,11H,7H2,1-4H3,(H2,17,24)(H,22,25)(H,19,20,21)/b9-6+,18-10+. The molecular weight excluding hydrogens is 324 g/mol. The summed E-state index contributed by atoms with van der Waals surface area (Å²) in [5, 5.41) is 5.44. The molecule has 134 valence electrons. The first-order chi connectivity index (χ1) is 11.7. The molecule has 0 saturated heterocycles. The molecule has 4 N–H and O–H groups in total. The third kappa shape index (κ3) is 6.90. The summed E-state index contributed by atoms with van der Waals surface area (Å²) in [6.07, 6.45) is 2.68. The lowest BCUT2D eigenvalue weighted by Gasteiger charge is -2.13. The van der Waals surface area contributed by atoms with Gasteiger partial charge in [-0.15, -0.1) is 0 Å². The molecule has 9 nitrogen and oxygen atoms in total. The van der Waals surface area contributed by atoms with Crippen LogP contribution in [0.25, 0.3) is 0 Å². The maximum atomic E-state index is 12.3. The number of carbonyl (C=O) groups is 3. The molecule has 0 saturated carbocycles. The average molecular weight is 346 g/mol. The minimum atomic E-state index is -0.543. The number of Topliss-reactive ketones (excluding diaryl/α,β-unsaturated/α-hetero) is 1. The molecule has 1 rings (SSSR count). The number of aliphatic imine (C=N–C) groups is 1. The highest BCUT2D eigenvalue weighted by Crippen LogP contribution is 2.04. The zero-order valence-corrected chi connectivity index (χ0v) is 14.7. The van der Waals surface area contributed by atoms with E-state index in [9.17, 15) is 14.4 Å². The lowest BCUT2D eigenvalue weighted by atomic mass is 10.2. The summed E-state index contributed by atoms with van der Waals surface area (Å²) < 4.78 is 0. The Hall–Kier alpha value is -3.10. The van der Waals surface area contributed by atoms with Crippen molar-refractivity contribution in [3.8, 4) is 0 Å². The van der Waals surface area contributed by atoms with Gasteiger partial charge in [-0.2, -0.15) is 0 Å². The van der Waals surface area contributed by atoms with E-state index in [2.05, 4.69) is 25.6 Å². The third-order valence-corrected chi connectivity index (χ3v) is 3.33. The Labute approximate surface area is 145 Å². The molecule has 1 aromatic rings. The van der Waals surface area contributed by atoms with E-state index in [0.717, 1.165) is 0 Å². The zero-order valence-electron chi connectivity index (χ0n) is 14.7. The summed E-state index contributed by atoms with van der Waals surface area (Å²) in [5.41, 5.74) is 6.34. The van der Waals surface area contributed by atoms with E-state index < -0.39 is 11.8 Å². The van der Waals surface area contributed by atoms with Crippen LogP contribution in [0.1, 0.15) is 38.2 Å². The van der Waals surface area contributed by atoms with Gasteiger partial charge in [0.1, 0.15) is 17.8 Å². The number of hydrogen-bond acceptors (Lipinski definition) is 7. The Morgan fingerprint density at radius 2 is 1.96 bits per heavy atom. The van der Waals surface area contributed by atoms with Crippen LogP contribution in [0.5, 0.6) is 0 Å². The SMILES string of the molecule is CC(=O)/C(C)=C/N=C(\C)C(C)NC(=O)c1cc(NCC(N)=O)ncn1. The molecule has 0 aliphatic carbocycles. The first kappa shape index (κ1) is 19.9. The van der Waals surface area contributed by atoms with Crippen molar-refractivity contribution in [2.75, 3.05) is 11.9 Å². The van der Waals surface area contributed by atoms with Crippen LogP contribution in [0, 0.1) is 0 Å². The van der Waals surface area contributed by atoms with Gasteiger partial charge in [0.2, 0.25) is 5.91 Å². The Bertz CT molecular complexity index is 726. The molecule has 1 heterocycles. The van der Waals surface area contributed by atoms with Gasteiger partial charge in [-0.05, 0) is 27.7 Å². The van der Waals surface area contributed by atoms with Crippen molar-refractivity contribution >= 4 is 29.1 Å². The highest BCUT2D eigenvalue weighted by molar-refractivity contribution is 5.98.